The van der Waals surface area contributed by atoms with E-state index in [1.54, 1.807) is 14.4 Å². The first-order valence-electron chi connectivity index (χ1n) is 13.8. The van der Waals surface area contributed by atoms with E-state index in [0.29, 0.717) is 7.35 Å². The number of benzene rings is 4. The SMILES string of the molecule is C[C](C)=[Hf]([CH]1C=Cc2c(-c3cc(C)cc(C)c3)cccc21)[CH]1C=Cc2c(-c3cc(C)cc(C)c3)cccc21.Cl.Cl. The van der Waals surface area contributed by atoms with Gasteiger partial charge in [0.1, 0.15) is 0 Å². The van der Waals surface area contributed by atoms with Gasteiger partial charge in [-0.3, -0.25) is 0 Å². The smallest absolute Gasteiger partial charge is 0.147 e. The molecule has 204 valence electrons. The number of hydrogen-bond acceptors (Lipinski definition) is 0. The Hall–Kier alpha value is -2.32. The standard InChI is InChI=1S/2C17H15.C3H6.2ClH.Hf/c2*1-12-9-13(2)11-15(10-12)17-8-4-6-14-5-3-7-16(14)17;1-3-2;;;/h2*3-11H,1-2H3;1-2H3;2*1H;. The summed E-state index contributed by atoms with van der Waals surface area (Å²) in [6, 6.07) is 27.9. The molecule has 0 amide bonds. The number of rotatable bonds is 4. The van der Waals surface area contributed by atoms with Crippen molar-refractivity contribution >= 4 is 40.2 Å². The molecule has 4 aromatic carbocycles. The van der Waals surface area contributed by atoms with Gasteiger partial charge in [-0.25, -0.2) is 0 Å². The third-order valence-corrected chi connectivity index (χ3v) is 20.8. The van der Waals surface area contributed by atoms with Gasteiger partial charge in [-0.15, -0.1) is 24.8 Å². The summed E-state index contributed by atoms with van der Waals surface area (Å²) in [5.74, 6) is 0. The first-order valence-corrected chi connectivity index (χ1v) is 19.7. The van der Waals surface area contributed by atoms with E-state index < -0.39 is 21.0 Å². The number of allylic oxidation sites excluding steroid dienone is 2. The fourth-order valence-electron chi connectivity index (χ4n) is 6.79. The van der Waals surface area contributed by atoms with Crippen molar-refractivity contribution in [2.24, 2.45) is 0 Å². The van der Waals surface area contributed by atoms with Crippen LogP contribution in [0.25, 0.3) is 34.4 Å². The van der Waals surface area contributed by atoms with Gasteiger partial charge in [0, 0.05) is 0 Å². The van der Waals surface area contributed by atoms with E-state index >= 15 is 0 Å². The van der Waals surface area contributed by atoms with Gasteiger partial charge in [0.15, 0.2) is 0 Å². The van der Waals surface area contributed by atoms with Gasteiger partial charge >= 0.3 is 237 Å². The Morgan fingerprint density at radius 3 is 1.27 bits per heavy atom. The topological polar surface area (TPSA) is 0 Å². The molecule has 2 aliphatic carbocycles. The summed E-state index contributed by atoms with van der Waals surface area (Å²) in [5.41, 5.74) is 16.8. The molecule has 4 aromatic rings. The van der Waals surface area contributed by atoms with Gasteiger partial charge < -0.3 is 0 Å². The van der Waals surface area contributed by atoms with Crippen LogP contribution in [0.4, 0.5) is 0 Å². The fourth-order valence-corrected chi connectivity index (χ4v) is 19.1. The summed E-state index contributed by atoms with van der Waals surface area (Å²) in [4.78, 5) is 0. The number of fused-ring (bicyclic) bond motifs is 2. The average Bonchev–Trinajstić information content (AvgIpc) is 3.48. The molecule has 40 heavy (non-hydrogen) atoms. The van der Waals surface area contributed by atoms with E-state index in [4.69, 9.17) is 0 Å². The Morgan fingerprint density at radius 2 is 0.925 bits per heavy atom. The predicted molar refractivity (Wildman–Crippen MR) is 177 cm³/mol. The van der Waals surface area contributed by atoms with Gasteiger partial charge in [0.2, 0.25) is 0 Å². The minimum absolute atomic E-state index is 0. The number of aryl methyl sites for hydroxylation is 4. The molecule has 0 N–H and O–H groups in total. The van der Waals surface area contributed by atoms with Crippen LogP contribution in [0.3, 0.4) is 0 Å². The maximum Gasteiger partial charge on any atom is -0.147 e. The van der Waals surface area contributed by atoms with E-state index in [0.717, 1.165) is 0 Å². The van der Waals surface area contributed by atoms with Crippen LogP contribution in [0.15, 0.2) is 84.9 Å². The zero-order valence-corrected chi connectivity index (χ0v) is 29.4. The van der Waals surface area contributed by atoms with E-state index in [2.05, 4.69) is 139 Å². The Kier molecular flexibility index (Phi) is 9.40. The maximum absolute atomic E-state index is 2.56. The molecule has 6 rings (SSSR count). The van der Waals surface area contributed by atoms with Crippen LogP contribution in [0.1, 0.15) is 65.7 Å². The first-order chi connectivity index (χ1) is 18.3. The molecule has 2 atom stereocenters. The van der Waals surface area contributed by atoms with Crippen LogP contribution in [-0.4, -0.2) is 3.26 Å². The van der Waals surface area contributed by atoms with Gasteiger partial charge in [-0.1, -0.05) is 0 Å². The Morgan fingerprint density at radius 1 is 0.550 bits per heavy atom. The molecule has 0 fully saturated rings. The summed E-state index contributed by atoms with van der Waals surface area (Å²) in [5, 5.41) is 0. The molecule has 0 saturated heterocycles. The van der Waals surface area contributed by atoms with Crippen LogP contribution in [0.2, 0.25) is 0 Å². The molecular weight excluding hydrogens is 694 g/mol. The summed E-state index contributed by atoms with van der Waals surface area (Å²) < 4.78 is 2.86. The third-order valence-electron chi connectivity index (χ3n) is 8.17. The van der Waals surface area contributed by atoms with Crippen LogP contribution >= 0.6 is 24.8 Å². The van der Waals surface area contributed by atoms with E-state index in [9.17, 15) is 0 Å². The molecular formula is C37H38Cl2Hf. The number of hydrogen-bond donors (Lipinski definition) is 0. The van der Waals surface area contributed by atoms with E-state index in [1.165, 1.54) is 55.6 Å². The molecule has 0 nitrogen and oxygen atoms in total. The summed E-state index contributed by atoms with van der Waals surface area (Å²) >= 11 is -2.38. The van der Waals surface area contributed by atoms with Crippen molar-refractivity contribution in [2.75, 3.05) is 0 Å². The van der Waals surface area contributed by atoms with Gasteiger partial charge in [-0.05, 0) is 0 Å². The minimum atomic E-state index is -2.38. The maximum atomic E-state index is 2.56. The van der Waals surface area contributed by atoms with E-state index in [-0.39, 0.29) is 24.8 Å². The average molecular weight is 732 g/mol. The summed E-state index contributed by atoms with van der Waals surface area (Å²) in [6.07, 6.45) is 10.00. The Labute approximate surface area is 260 Å². The second-order valence-corrected chi connectivity index (χ2v) is 22.8. The molecule has 0 saturated carbocycles. The molecule has 2 unspecified atom stereocenters. The zero-order valence-electron chi connectivity index (χ0n) is 24.2. The second kappa shape index (κ2) is 12.3. The molecule has 2 aliphatic rings. The van der Waals surface area contributed by atoms with Crippen LogP contribution < -0.4 is 0 Å². The monoisotopic (exact) mass is 732 g/mol. The van der Waals surface area contributed by atoms with Crippen molar-refractivity contribution in [3.8, 4) is 22.3 Å². The largest absolute Gasteiger partial charge is 0.147 e. The second-order valence-electron chi connectivity index (χ2n) is 11.5. The first kappa shape index (κ1) is 30.6. The normalized spacial score (nSPS) is 16.1. The van der Waals surface area contributed by atoms with E-state index in [1.807, 2.05) is 0 Å². The molecule has 0 aromatic heterocycles. The fraction of sp³-hybridized carbons (Fsp3) is 0.216. The molecule has 0 heterocycles. The molecule has 0 bridgehead atoms. The van der Waals surface area contributed by atoms with Gasteiger partial charge in [0.05, 0.1) is 0 Å². The third kappa shape index (κ3) is 5.58. The number of halogens is 2. The minimum Gasteiger partial charge on any atom is -0.147 e. The van der Waals surface area contributed by atoms with Crippen molar-refractivity contribution in [1.82, 2.24) is 0 Å². The molecule has 0 radical (unpaired) electrons. The zero-order chi connectivity index (χ0) is 26.6. The predicted octanol–water partition coefficient (Wildman–Crippen LogP) is 10.8. The Balaban J connectivity index is 0.00000185. The summed E-state index contributed by atoms with van der Waals surface area (Å²) in [6.45, 7) is 13.7. The Bertz CT molecular complexity index is 1530. The van der Waals surface area contributed by atoms with Crippen LogP contribution in [0.5, 0.6) is 0 Å². The van der Waals surface area contributed by atoms with Crippen molar-refractivity contribution < 1.29 is 21.0 Å². The van der Waals surface area contributed by atoms with Gasteiger partial charge in [-0.2, -0.15) is 0 Å². The summed E-state index contributed by atoms with van der Waals surface area (Å²) in [7, 11) is 0. The van der Waals surface area contributed by atoms with Crippen molar-refractivity contribution in [3.63, 3.8) is 0 Å². The van der Waals surface area contributed by atoms with Gasteiger partial charge in [0.25, 0.3) is 0 Å². The molecule has 3 heteroatoms. The van der Waals surface area contributed by atoms with Crippen LogP contribution in [0, 0.1) is 27.7 Å². The van der Waals surface area contributed by atoms with Crippen LogP contribution in [-0.2, 0) is 21.0 Å². The van der Waals surface area contributed by atoms with Crippen molar-refractivity contribution in [3.05, 3.63) is 129 Å². The van der Waals surface area contributed by atoms with Crippen molar-refractivity contribution in [2.45, 2.75) is 48.9 Å². The molecule has 0 spiro atoms. The molecule has 0 aliphatic heterocycles. The quantitative estimate of drug-likeness (QED) is 0.183. The van der Waals surface area contributed by atoms with Crippen molar-refractivity contribution in [1.29, 1.82) is 0 Å².